The smallest absolute Gasteiger partial charge is 0.406 e. The first-order chi connectivity index (χ1) is 14.4. The molecular formula is C22H30F3N3O2. The minimum Gasteiger partial charge on any atom is -0.406 e. The van der Waals surface area contributed by atoms with Crippen molar-refractivity contribution in [3.05, 3.63) is 24.3 Å². The predicted molar refractivity (Wildman–Crippen MR) is 108 cm³/mol. The summed E-state index contributed by atoms with van der Waals surface area (Å²) in [6.45, 7) is 3.70. The second kappa shape index (κ2) is 9.04. The van der Waals surface area contributed by atoms with Gasteiger partial charge in [0.2, 0.25) is 5.91 Å². The summed E-state index contributed by atoms with van der Waals surface area (Å²) >= 11 is 0. The first kappa shape index (κ1) is 21.3. The Labute approximate surface area is 175 Å². The number of benzene rings is 1. The van der Waals surface area contributed by atoms with Crippen LogP contribution in [-0.4, -0.2) is 60.3 Å². The summed E-state index contributed by atoms with van der Waals surface area (Å²) in [6.07, 6.45) is 2.77. The van der Waals surface area contributed by atoms with E-state index in [0.717, 1.165) is 63.6 Å². The van der Waals surface area contributed by atoms with E-state index in [9.17, 15) is 18.0 Å². The number of alkyl halides is 3. The Morgan fingerprint density at radius 2 is 1.57 bits per heavy atom. The molecule has 0 spiro atoms. The molecule has 0 atom stereocenters. The lowest BCUT2D eigenvalue weighted by Crippen LogP contribution is -2.54. The molecule has 8 heteroatoms. The summed E-state index contributed by atoms with van der Waals surface area (Å²) in [7, 11) is 0. The number of amides is 1. The number of hydrogen-bond acceptors (Lipinski definition) is 4. The van der Waals surface area contributed by atoms with Crippen LogP contribution in [-0.2, 0) is 4.79 Å². The highest BCUT2D eigenvalue weighted by Crippen LogP contribution is 2.31. The average Bonchev–Trinajstić information content (AvgIpc) is 2.68. The maximum absolute atomic E-state index is 12.9. The van der Waals surface area contributed by atoms with Gasteiger partial charge in [-0.15, -0.1) is 13.2 Å². The van der Waals surface area contributed by atoms with Gasteiger partial charge in [0.05, 0.1) is 0 Å². The zero-order chi connectivity index (χ0) is 21.1. The van der Waals surface area contributed by atoms with Gasteiger partial charge >= 0.3 is 6.36 Å². The third-order valence-electron chi connectivity index (χ3n) is 6.75. The number of piperazine rings is 1. The largest absolute Gasteiger partial charge is 0.573 e. The Morgan fingerprint density at radius 1 is 0.933 bits per heavy atom. The van der Waals surface area contributed by atoms with E-state index in [2.05, 4.69) is 15.0 Å². The van der Waals surface area contributed by atoms with Crippen molar-refractivity contribution in [2.45, 2.75) is 63.4 Å². The fraction of sp³-hybridized carbons (Fsp3) is 0.682. The van der Waals surface area contributed by atoms with Crippen LogP contribution in [0, 0.1) is 5.92 Å². The van der Waals surface area contributed by atoms with Crippen molar-refractivity contribution in [1.29, 1.82) is 0 Å². The average molecular weight is 425 g/mol. The number of halogens is 3. The molecule has 3 aliphatic rings. The van der Waals surface area contributed by atoms with Crippen molar-refractivity contribution in [2.24, 2.45) is 5.92 Å². The molecule has 1 heterocycles. The van der Waals surface area contributed by atoms with Crippen LogP contribution in [0.25, 0.3) is 0 Å². The van der Waals surface area contributed by atoms with Gasteiger partial charge < -0.3 is 15.0 Å². The van der Waals surface area contributed by atoms with Crippen LogP contribution in [0.2, 0.25) is 0 Å². The number of anilines is 1. The third-order valence-corrected chi connectivity index (χ3v) is 6.75. The molecular weight excluding hydrogens is 395 g/mol. The monoisotopic (exact) mass is 425 g/mol. The molecule has 3 fully saturated rings. The van der Waals surface area contributed by atoms with E-state index in [1.807, 2.05) is 4.90 Å². The molecule has 0 aromatic heterocycles. The van der Waals surface area contributed by atoms with Gasteiger partial charge in [-0.1, -0.05) is 6.42 Å². The standard InChI is InChI=1S/C22H30F3N3O2/c23-22(24,25)30-20-10-8-18(9-11-20)26-17-6-4-16(5-7-17)21(29)28-14-12-27(13-15-28)19-2-1-3-19/h8-11,16-17,19,26H,1-7,12-15H2/t16-,17+. The second-order valence-electron chi connectivity index (χ2n) is 8.71. The van der Waals surface area contributed by atoms with Gasteiger partial charge in [0, 0.05) is 49.9 Å². The molecule has 5 nitrogen and oxygen atoms in total. The maximum atomic E-state index is 12.9. The van der Waals surface area contributed by atoms with Crippen LogP contribution in [0.15, 0.2) is 24.3 Å². The van der Waals surface area contributed by atoms with Crippen molar-refractivity contribution in [3.63, 3.8) is 0 Å². The van der Waals surface area contributed by atoms with Gasteiger partial charge in [-0.25, -0.2) is 0 Å². The van der Waals surface area contributed by atoms with Crippen LogP contribution in [0.3, 0.4) is 0 Å². The highest BCUT2D eigenvalue weighted by Gasteiger charge is 2.34. The van der Waals surface area contributed by atoms with Crippen LogP contribution in [0.5, 0.6) is 5.75 Å². The Morgan fingerprint density at radius 3 is 2.10 bits per heavy atom. The molecule has 1 saturated heterocycles. The zero-order valence-electron chi connectivity index (χ0n) is 17.2. The number of carbonyl (C=O) groups excluding carboxylic acids is 1. The number of nitrogens with one attached hydrogen (secondary N) is 1. The minimum absolute atomic E-state index is 0.0980. The number of rotatable bonds is 5. The lowest BCUT2D eigenvalue weighted by Gasteiger charge is -2.44. The van der Waals surface area contributed by atoms with Crippen LogP contribution in [0.1, 0.15) is 44.9 Å². The summed E-state index contributed by atoms with van der Waals surface area (Å²) in [5.41, 5.74) is 0.770. The first-order valence-electron chi connectivity index (χ1n) is 11.0. The van der Waals surface area contributed by atoms with E-state index < -0.39 is 6.36 Å². The number of ether oxygens (including phenoxy) is 1. The summed E-state index contributed by atoms with van der Waals surface area (Å²) in [5.74, 6) is 0.177. The highest BCUT2D eigenvalue weighted by molar-refractivity contribution is 5.79. The number of carbonyl (C=O) groups is 1. The molecule has 4 rings (SSSR count). The Bertz CT molecular complexity index is 705. The first-order valence-corrected chi connectivity index (χ1v) is 11.0. The molecule has 30 heavy (non-hydrogen) atoms. The molecule has 1 aromatic rings. The molecule has 2 aliphatic carbocycles. The quantitative estimate of drug-likeness (QED) is 0.766. The molecule has 1 aliphatic heterocycles. The zero-order valence-corrected chi connectivity index (χ0v) is 17.2. The summed E-state index contributed by atoms with van der Waals surface area (Å²) in [5, 5.41) is 3.37. The Kier molecular flexibility index (Phi) is 6.41. The molecule has 1 aromatic carbocycles. The fourth-order valence-corrected chi connectivity index (χ4v) is 4.79. The minimum atomic E-state index is -4.68. The Hall–Kier alpha value is -1.96. The molecule has 0 unspecified atom stereocenters. The number of hydrogen-bond donors (Lipinski definition) is 1. The van der Waals surface area contributed by atoms with E-state index in [1.54, 1.807) is 12.1 Å². The topological polar surface area (TPSA) is 44.8 Å². The van der Waals surface area contributed by atoms with E-state index in [0.29, 0.717) is 5.91 Å². The fourth-order valence-electron chi connectivity index (χ4n) is 4.79. The van der Waals surface area contributed by atoms with Crippen LogP contribution in [0.4, 0.5) is 18.9 Å². The van der Waals surface area contributed by atoms with Gasteiger partial charge in [0.15, 0.2) is 0 Å². The molecule has 1 N–H and O–H groups in total. The number of nitrogens with zero attached hydrogens (tertiary/aromatic N) is 2. The van der Waals surface area contributed by atoms with Gasteiger partial charge in [-0.05, 0) is 62.8 Å². The van der Waals surface area contributed by atoms with E-state index in [1.165, 1.54) is 31.4 Å². The van der Waals surface area contributed by atoms with Gasteiger partial charge in [0.1, 0.15) is 5.75 Å². The predicted octanol–water partition coefficient (Wildman–Crippen LogP) is 4.25. The lowest BCUT2D eigenvalue weighted by atomic mass is 9.84. The van der Waals surface area contributed by atoms with Crippen molar-refractivity contribution in [3.8, 4) is 5.75 Å². The highest BCUT2D eigenvalue weighted by atomic mass is 19.4. The molecule has 0 bridgehead atoms. The summed E-state index contributed by atoms with van der Waals surface area (Å²) in [6, 6.07) is 6.80. The summed E-state index contributed by atoms with van der Waals surface area (Å²) < 4.78 is 40.7. The molecule has 1 amide bonds. The Balaban J connectivity index is 1.20. The van der Waals surface area contributed by atoms with Crippen molar-refractivity contribution in [1.82, 2.24) is 9.80 Å². The molecule has 2 saturated carbocycles. The third kappa shape index (κ3) is 5.39. The van der Waals surface area contributed by atoms with E-state index in [-0.39, 0.29) is 17.7 Å². The second-order valence-corrected chi connectivity index (χ2v) is 8.71. The van der Waals surface area contributed by atoms with Gasteiger partial charge in [-0.2, -0.15) is 0 Å². The maximum Gasteiger partial charge on any atom is 0.573 e. The van der Waals surface area contributed by atoms with E-state index >= 15 is 0 Å². The van der Waals surface area contributed by atoms with Crippen LogP contribution >= 0.6 is 0 Å². The van der Waals surface area contributed by atoms with Gasteiger partial charge in [0.25, 0.3) is 0 Å². The van der Waals surface area contributed by atoms with Crippen LogP contribution < -0.4 is 10.1 Å². The van der Waals surface area contributed by atoms with E-state index in [4.69, 9.17) is 0 Å². The SMILES string of the molecule is O=C([C@H]1CC[C@@H](Nc2ccc(OC(F)(F)F)cc2)CC1)N1CCN(C2CCC2)CC1. The lowest BCUT2D eigenvalue weighted by molar-refractivity contribution is -0.274. The van der Waals surface area contributed by atoms with Crippen molar-refractivity contribution in [2.75, 3.05) is 31.5 Å². The molecule has 0 radical (unpaired) electrons. The van der Waals surface area contributed by atoms with Gasteiger partial charge in [-0.3, -0.25) is 9.69 Å². The van der Waals surface area contributed by atoms with Crippen molar-refractivity contribution >= 4 is 11.6 Å². The summed E-state index contributed by atoms with van der Waals surface area (Å²) in [4.78, 5) is 17.5. The molecule has 166 valence electrons. The van der Waals surface area contributed by atoms with Crippen molar-refractivity contribution < 1.29 is 22.7 Å². The normalized spacial score (nSPS) is 26.2.